The molecule has 1 heterocycles. The van der Waals surface area contributed by atoms with Gasteiger partial charge in [-0.25, -0.2) is 0 Å². The van der Waals surface area contributed by atoms with Gasteiger partial charge < -0.3 is 5.32 Å². The molecule has 0 aliphatic heterocycles. The molecule has 1 aromatic heterocycles. The highest BCUT2D eigenvalue weighted by molar-refractivity contribution is 5.17. The van der Waals surface area contributed by atoms with Gasteiger partial charge in [0.15, 0.2) is 0 Å². The van der Waals surface area contributed by atoms with E-state index in [-0.39, 0.29) is 0 Å². The fourth-order valence-electron chi connectivity index (χ4n) is 2.32. The Balaban J connectivity index is 2.78. The van der Waals surface area contributed by atoms with E-state index in [0.29, 0.717) is 5.92 Å². The third kappa shape index (κ3) is 3.60. The number of hydrogen-bond acceptors (Lipinski definition) is 2. The lowest BCUT2D eigenvalue weighted by Gasteiger charge is -2.26. The highest BCUT2D eigenvalue weighted by Crippen LogP contribution is 2.28. The SMILES string of the molecule is CCNCC(c1ccncc1)C(CC)CC. The monoisotopic (exact) mass is 220 g/mol. The van der Waals surface area contributed by atoms with Crippen molar-refractivity contribution in [3.8, 4) is 0 Å². The van der Waals surface area contributed by atoms with Crippen LogP contribution in [0.25, 0.3) is 0 Å². The molecule has 0 radical (unpaired) electrons. The van der Waals surface area contributed by atoms with Crippen LogP contribution < -0.4 is 5.32 Å². The molecule has 0 saturated carbocycles. The van der Waals surface area contributed by atoms with Gasteiger partial charge >= 0.3 is 0 Å². The van der Waals surface area contributed by atoms with E-state index >= 15 is 0 Å². The Morgan fingerprint density at radius 2 is 1.75 bits per heavy atom. The van der Waals surface area contributed by atoms with Crippen LogP contribution in [0.3, 0.4) is 0 Å². The minimum absolute atomic E-state index is 0.623. The van der Waals surface area contributed by atoms with Gasteiger partial charge in [-0.05, 0) is 36.1 Å². The molecule has 0 saturated heterocycles. The molecule has 1 rings (SSSR count). The molecule has 1 aromatic rings. The summed E-state index contributed by atoms with van der Waals surface area (Å²) in [5, 5.41) is 3.48. The molecule has 0 spiro atoms. The number of pyridine rings is 1. The number of aromatic nitrogens is 1. The fourth-order valence-corrected chi connectivity index (χ4v) is 2.32. The lowest BCUT2D eigenvalue weighted by atomic mass is 9.83. The molecule has 0 aromatic carbocycles. The molecule has 0 amide bonds. The second kappa shape index (κ2) is 7.39. The van der Waals surface area contributed by atoms with Gasteiger partial charge in [0, 0.05) is 18.9 Å². The van der Waals surface area contributed by atoms with E-state index in [9.17, 15) is 0 Å². The van der Waals surface area contributed by atoms with Crippen molar-refractivity contribution < 1.29 is 0 Å². The van der Waals surface area contributed by atoms with Gasteiger partial charge in [0.05, 0.1) is 0 Å². The normalized spacial score (nSPS) is 13.0. The lowest BCUT2D eigenvalue weighted by molar-refractivity contribution is 0.382. The molecule has 0 bridgehead atoms. The maximum Gasteiger partial charge on any atom is 0.0270 e. The van der Waals surface area contributed by atoms with Crippen LogP contribution in [0, 0.1) is 5.92 Å². The molecular weight excluding hydrogens is 196 g/mol. The van der Waals surface area contributed by atoms with Crippen LogP contribution in [0.1, 0.15) is 45.1 Å². The fraction of sp³-hybridized carbons (Fsp3) is 0.643. The highest BCUT2D eigenvalue weighted by atomic mass is 14.8. The number of hydrogen-bond donors (Lipinski definition) is 1. The van der Waals surface area contributed by atoms with E-state index in [1.165, 1.54) is 18.4 Å². The molecule has 2 nitrogen and oxygen atoms in total. The first-order chi connectivity index (χ1) is 7.83. The van der Waals surface area contributed by atoms with Crippen LogP contribution >= 0.6 is 0 Å². The van der Waals surface area contributed by atoms with Crippen molar-refractivity contribution in [2.75, 3.05) is 13.1 Å². The average Bonchev–Trinajstić information content (AvgIpc) is 2.35. The first kappa shape index (κ1) is 13.2. The molecular formula is C14H24N2. The minimum Gasteiger partial charge on any atom is -0.316 e. The Morgan fingerprint density at radius 3 is 2.25 bits per heavy atom. The van der Waals surface area contributed by atoms with E-state index in [1.54, 1.807) is 0 Å². The van der Waals surface area contributed by atoms with E-state index < -0.39 is 0 Å². The molecule has 2 heteroatoms. The molecule has 0 aliphatic rings. The van der Waals surface area contributed by atoms with Crippen LogP contribution in [0.2, 0.25) is 0 Å². The third-order valence-corrected chi connectivity index (χ3v) is 3.37. The van der Waals surface area contributed by atoms with Gasteiger partial charge in [0.2, 0.25) is 0 Å². The second-order valence-electron chi connectivity index (χ2n) is 4.27. The molecule has 1 atom stereocenters. The number of nitrogens with zero attached hydrogens (tertiary/aromatic N) is 1. The summed E-state index contributed by atoms with van der Waals surface area (Å²) in [4.78, 5) is 4.10. The Labute approximate surface area is 99.5 Å². The van der Waals surface area contributed by atoms with Crippen LogP contribution in [0.5, 0.6) is 0 Å². The molecule has 0 fully saturated rings. The summed E-state index contributed by atoms with van der Waals surface area (Å²) < 4.78 is 0. The topological polar surface area (TPSA) is 24.9 Å². The highest BCUT2D eigenvalue weighted by Gasteiger charge is 2.19. The van der Waals surface area contributed by atoms with Crippen LogP contribution in [0.4, 0.5) is 0 Å². The Bertz CT molecular complexity index is 267. The zero-order valence-corrected chi connectivity index (χ0v) is 10.7. The summed E-state index contributed by atoms with van der Waals surface area (Å²) in [5.74, 6) is 1.39. The lowest BCUT2D eigenvalue weighted by Crippen LogP contribution is -2.26. The van der Waals surface area contributed by atoms with Crippen molar-refractivity contribution in [3.05, 3.63) is 30.1 Å². The summed E-state index contributed by atoms with van der Waals surface area (Å²) >= 11 is 0. The maximum atomic E-state index is 4.10. The number of nitrogens with one attached hydrogen (secondary N) is 1. The number of rotatable bonds is 7. The van der Waals surface area contributed by atoms with Gasteiger partial charge in [0.25, 0.3) is 0 Å². The van der Waals surface area contributed by atoms with Crippen molar-refractivity contribution >= 4 is 0 Å². The van der Waals surface area contributed by atoms with Crippen molar-refractivity contribution in [1.29, 1.82) is 0 Å². The summed E-state index contributed by atoms with van der Waals surface area (Å²) in [6.07, 6.45) is 6.29. The standard InChI is InChI=1S/C14H24N2/c1-4-12(5-2)14(11-15-6-3)13-7-9-16-10-8-13/h7-10,12,14-15H,4-6,11H2,1-3H3. The quantitative estimate of drug-likeness (QED) is 0.763. The predicted octanol–water partition coefficient (Wildman–Crippen LogP) is 3.21. The molecule has 0 aliphatic carbocycles. The predicted molar refractivity (Wildman–Crippen MR) is 69.6 cm³/mol. The van der Waals surface area contributed by atoms with Crippen molar-refractivity contribution in [2.45, 2.75) is 39.5 Å². The first-order valence-corrected chi connectivity index (χ1v) is 6.44. The maximum absolute atomic E-state index is 4.10. The Hall–Kier alpha value is -0.890. The summed E-state index contributed by atoms with van der Waals surface area (Å²) in [5.41, 5.74) is 1.42. The number of likely N-dealkylation sites (N-methyl/N-ethyl adjacent to an activating group) is 1. The molecule has 1 unspecified atom stereocenters. The second-order valence-corrected chi connectivity index (χ2v) is 4.27. The summed E-state index contributed by atoms with van der Waals surface area (Å²) in [7, 11) is 0. The van der Waals surface area contributed by atoms with E-state index in [4.69, 9.17) is 0 Å². The minimum atomic E-state index is 0.623. The Morgan fingerprint density at radius 1 is 1.12 bits per heavy atom. The van der Waals surface area contributed by atoms with E-state index in [1.807, 2.05) is 12.4 Å². The first-order valence-electron chi connectivity index (χ1n) is 6.44. The van der Waals surface area contributed by atoms with Crippen molar-refractivity contribution in [3.63, 3.8) is 0 Å². The van der Waals surface area contributed by atoms with Crippen LogP contribution in [0.15, 0.2) is 24.5 Å². The van der Waals surface area contributed by atoms with Gasteiger partial charge in [-0.15, -0.1) is 0 Å². The smallest absolute Gasteiger partial charge is 0.0270 e. The molecule has 1 N–H and O–H groups in total. The van der Waals surface area contributed by atoms with Crippen LogP contribution in [-0.4, -0.2) is 18.1 Å². The molecule has 16 heavy (non-hydrogen) atoms. The third-order valence-electron chi connectivity index (χ3n) is 3.37. The van der Waals surface area contributed by atoms with Gasteiger partial charge in [-0.1, -0.05) is 33.6 Å². The van der Waals surface area contributed by atoms with E-state index in [0.717, 1.165) is 19.0 Å². The summed E-state index contributed by atoms with van der Waals surface area (Å²) in [6.45, 7) is 8.85. The van der Waals surface area contributed by atoms with Crippen LogP contribution in [-0.2, 0) is 0 Å². The van der Waals surface area contributed by atoms with E-state index in [2.05, 4.69) is 43.2 Å². The zero-order valence-electron chi connectivity index (χ0n) is 10.7. The van der Waals surface area contributed by atoms with Crippen molar-refractivity contribution in [2.24, 2.45) is 5.92 Å². The zero-order chi connectivity index (χ0) is 11.8. The summed E-state index contributed by atoms with van der Waals surface area (Å²) in [6, 6.07) is 4.31. The largest absolute Gasteiger partial charge is 0.316 e. The average molecular weight is 220 g/mol. The van der Waals surface area contributed by atoms with Gasteiger partial charge in [0.1, 0.15) is 0 Å². The molecule has 90 valence electrons. The van der Waals surface area contributed by atoms with Gasteiger partial charge in [-0.3, -0.25) is 4.98 Å². The Kier molecular flexibility index (Phi) is 6.09. The van der Waals surface area contributed by atoms with Crippen molar-refractivity contribution in [1.82, 2.24) is 10.3 Å². The van der Waals surface area contributed by atoms with Gasteiger partial charge in [-0.2, -0.15) is 0 Å².